The molecule has 2 aliphatic rings. The molecule has 2 fully saturated rings. The van der Waals surface area contributed by atoms with Gasteiger partial charge in [0.2, 0.25) is 0 Å². The van der Waals surface area contributed by atoms with Gasteiger partial charge < -0.3 is 43.7 Å². The number of hydrogen-bond donors (Lipinski definition) is 1. The maximum atomic E-state index is 12.9. The summed E-state index contributed by atoms with van der Waals surface area (Å²) in [6.07, 6.45) is -33.2. The summed E-state index contributed by atoms with van der Waals surface area (Å²) in [7, 11) is 1.58. The number of anilines is 2. The van der Waals surface area contributed by atoms with E-state index < -0.39 is 60.3 Å². The van der Waals surface area contributed by atoms with E-state index in [1.165, 1.54) is 0 Å². The van der Waals surface area contributed by atoms with E-state index in [1.54, 1.807) is 27.9 Å². The van der Waals surface area contributed by atoms with Crippen LogP contribution in [-0.2, 0) is 48.2 Å². The molecule has 2 heterocycles. The number of nitrogens with one attached hydrogen (secondary N) is 1. The van der Waals surface area contributed by atoms with Gasteiger partial charge in [0, 0.05) is 109 Å². The van der Waals surface area contributed by atoms with Gasteiger partial charge in [0.05, 0.1) is 7.11 Å². The molecule has 0 aromatic heterocycles. The Kier molecular flexibility index (Phi) is 24.5. The largest absolute Gasteiger partial charge is 0.497 e. The van der Waals surface area contributed by atoms with E-state index in [4.69, 9.17) is 14.2 Å². The number of ether oxygens (including phenoxy) is 5. The van der Waals surface area contributed by atoms with Crippen LogP contribution in [0.3, 0.4) is 0 Å². The van der Waals surface area contributed by atoms with Gasteiger partial charge in [0.25, 0.3) is 12.2 Å². The number of nitrogens with zero attached hydrogens (tertiary/aromatic N) is 5. The smallest absolute Gasteiger partial charge is 0.434 e. The summed E-state index contributed by atoms with van der Waals surface area (Å²) in [5.74, 6) is 0.133. The van der Waals surface area contributed by atoms with Crippen LogP contribution in [-0.4, -0.2) is 164 Å². The van der Waals surface area contributed by atoms with E-state index in [1.807, 2.05) is 105 Å². The molecule has 0 unspecified atom stereocenters. The van der Waals surface area contributed by atoms with Gasteiger partial charge in [0.1, 0.15) is 17.0 Å². The molecule has 0 bridgehead atoms. The number of alkyl halides is 12. The zero-order chi connectivity index (χ0) is 62.3. The van der Waals surface area contributed by atoms with Gasteiger partial charge in [-0.2, -0.15) is 52.7 Å². The van der Waals surface area contributed by atoms with Crippen LogP contribution in [0, 0.1) is 13.8 Å². The van der Waals surface area contributed by atoms with Gasteiger partial charge in [-0.15, -0.1) is 0 Å². The number of piperazine rings is 2. The average molecular weight is 1200 g/mol. The predicted molar refractivity (Wildman–Crippen MR) is 284 cm³/mol. The fourth-order valence-electron chi connectivity index (χ4n) is 8.63. The summed E-state index contributed by atoms with van der Waals surface area (Å²) < 4.78 is 177. The molecule has 0 saturated carbocycles. The van der Waals surface area contributed by atoms with E-state index in [-0.39, 0.29) is 77.1 Å². The number of carbonyl (C=O) groups excluding carboxylic acids is 4. The Balaban J connectivity index is 0.000000365. The number of carbonyl (C=O) groups is 4. The van der Waals surface area contributed by atoms with Gasteiger partial charge in [-0.25, -0.2) is 9.59 Å². The van der Waals surface area contributed by atoms with Crippen LogP contribution in [0.4, 0.5) is 73.6 Å². The zero-order valence-corrected chi connectivity index (χ0v) is 47.9. The maximum Gasteiger partial charge on any atom is 0.434 e. The number of esters is 2. The Labute approximate surface area is 475 Å². The average Bonchev–Trinajstić information content (AvgIpc) is 3.46. The lowest BCUT2D eigenvalue weighted by Crippen LogP contribution is -2.52. The highest BCUT2D eigenvalue weighted by molar-refractivity contribution is 5.71. The van der Waals surface area contributed by atoms with Crippen LogP contribution in [0.2, 0.25) is 0 Å². The van der Waals surface area contributed by atoms with Gasteiger partial charge in [-0.05, 0) is 120 Å². The summed E-state index contributed by atoms with van der Waals surface area (Å²) in [6, 6.07) is 19.4. The SMILES string of the molecule is COc1ccc(CN(CCCC(=O)OC(C)(C)C)c2cc(C)ccc2CN2CCN(C(=O)OC(C(F)(F)F)C(F)(F)F)CC2)cc1.Cc1ccc(CN2CCN(C(=O)OC(C(F)(F)F)C(F)(F)F)CC2)c(NCCCC(=O)OC(C)(C)C)c1. The minimum atomic E-state index is -5.78. The molecule has 83 heavy (non-hydrogen) atoms. The van der Waals surface area contributed by atoms with Gasteiger partial charge in [-0.1, -0.05) is 36.4 Å². The summed E-state index contributed by atoms with van der Waals surface area (Å²) in [5.41, 5.74) is 5.50. The molecule has 15 nitrogen and oxygen atoms in total. The third-order valence-electron chi connectivity index (χ3n) is 12.6. The molecule has 2 aliphatic heterocycles. The minimum Gasteiger partial charge on any atom is -0.497 e. The van der Waals surface area contributed by atoms with Crippen molar-refractivity contribution in [2.45, 2.75) is 149 Å². The topological polar surface area (TPSA) is 143 Å². The molecule has 1 N–H and O–H groups in total. The number of halogens is 12. The van der Waals surface area contributed by atoms with Crippen LogP contribution >= 0.6 is 0 Å². The van der Waals surface area contributed by atoms with Crippen LogP contribution in [0.1, 0.15) is 95.0 Å². The van der Waals surface area contributed by atoms with E-state index in [0.717, 1.165) is 49.0 Å². The van der Waals surface area contributed by atoms with Crippen molar-refractivity contribution in [1.29, 1.82) is 0 Å². The molecule has 3 aromatic carbocycles. The molecule has 0 aliphatic carbocycles. The van der Waals surface area contributed by atoms with Gasteiger partial charge >= 0.3 is 48.8 Å². The highest BCUT2D eigenvalue weighted by Crippen LogP contribution is 2.38. The zero-order valence-electron chi connectivity index (χ0n) is 47.9. The molecule has 466 valence electrons. The normalized spacial score (nSPS) is 15.1. The lowest BCUT2D eigenvalue weighted by Gasteiger charge is -2.36. The van der Waals surface area contributed by atoms with E-state index >= 15 is 0 Å². The van der Waals surface area contributed by atoms with E-state index in [0.29, 0.717) is 51.3 Å². The highest BCUT2D eigenvalue weighted by atomic mass is 19.4. The van der Waals surface area contributed by atoms with Crippen molar-refractivity contribution in [3.63, 3.8) is 0 Å². The third kappa shape index (κ3) is 24.0. The van der Waals surface area contributed by atoms with E-state index in [9.17, 15) is 71.9 Å². The quantitative estimate of drug-likeness (QED) is 0.0527. The lowest BCUT2D eigenvalue weighted by atomic mass is 10.1. The number of hydrogen-bond acceptors (Lipinski definition) is 13. The number of aryl methyl sites for hydroxylation is 2. The fourth-order valence-corrected chi connectivity index (χ4v) is 8.63. The third-order valence-corrected chi connectivity index (χ3v) is 12.6. The van der Waals surface area contributed by atoms with Crippen molar-refractivity contribution < 1.29 is 95.5 Å². The summed E-state index contributed by atoms with van der Waals surface area (Å²) in [4.78, 5) is 56.2. The standard InChI is InChI=1S/C32H41F6N3O5.C24H33F6N3O4/c1-22-8-11-24(21-39-15-17-40(18-16-39)29(43)45-28(31(33,34)35)32(36,37)38)26(19-22)41(14-6-7-27(42)46-30(2,3)4)20-23-9-12-25(44-5)13-10-23;1-16-7-8-17(18(14-16)31-9-5-6-19(34)37-22(2,3)4)15-32-10-12-33(13-11-32)21(35)36-20(23(25,26)27)24(28,29)30/h8-13,19,28H,6-7,14-18,20-21H2,1-5H3;7-8,14,20,31H,5-6,9-13,15H2,1-4H3. The second-order valence-electron chi connectivity index (χ2n) is 22.1. The second-order valence-corrected chi connectivity index (χ2v) is 22.1. The monoisotopic (exact) mass is 1200 g/mol. The summed E-state index contributed by atoms with van der Waals surface area (Å²) in [6.45, 7) is 17.7. The first kappa shape index (κ1) is 69.1. The van der Waals surface area contributed by atoms with Crippen molar-refractivity contribution in [2.24, 2.45) is 0 Å². The molecule has 0 atom stereocenters. The maximum absolute atomic E-state index is 12.9. The number of methoxy groups -OCH3 is 1. The van der Waals surface area contributed by atoms with Crippen LogP contribution in [0.5, 0.6) is 5.75 Å². The van der Waals surface area contributed by atoms with Crippen molar-refractivity contribution in [2.75, 3.05) is 82.8 Å². The number of rotatable bonds is 19. The Hall–Kier alpha value is -6.38. The molecular formula is C56H74F12N6O9. The Morgan fingerprint density at radius 2 is 0.964 bits per heavy atom. The Morgan fingerprint density at radius 1 is 0.554 bits per heavy atom. The van der Waals surface area contributed by atoms with Crippen molar-refractivity contribution in [1.82, 2.24) is 19.6 Å². The molecule has 27 heteroatoms. The van der Waals surface area contributed by atoms with Crippen molar-refractivity contribution in [3.8, 4) is 5.75 Å². The summed E-state index contributed by atoms with van der Waals surface area (Å²) >= 11 is 0. The first-order chi connectivity index (χ1) is 38.3. The lowest BCUT2D eigenvalue weighted by molar-refractivity contribution is -0.309. The van der Waals surface area contributed by atoms with Gasteiger partial charge in [-0.3, -0.25) is 19.4 Å². The molecular weight excluding hydrogens is 1130 g/mol. The van der Waals surface area contributed by atoms with Crippen molar-refractivity contribution >= 4 is 35.5 Å². The molecule has 2 saturated heterocycles. The summed E-state index contributed by atoms with van der Waals surface area (Å²) in [5, 5.41) is 3.31. The minimum absolute atomic E-state index is 0.0776. The van der Waals surface area contributed by atoms with Crippen LogP contribution < -0.4 is 15.0 Å². The number of amides is 2. The van der Waals surface area contributed by atoms with Crippen LogP contribution in [0.15, 0.2) is 60.7 Å². The molecule has 0 radical (unpaired) electrons. The van der Waals surface area contributed by atoms with Crippen molar-refractivity contribution in [3.05, 3.63) is 88.5 Å². The first-order valence-corrected chi connectivity index (χ1v) is 26.7. The molecule has 0 spiro atoms. The number of benzene rings is 3. The first-order valence-electron chi connectivity index (χ1n) is 26.7. The van der Waals surface area contributed by atoms with Gasteiger partial charge in [0.15, 0.2) is 0 Å². The second kappa shape index (κ2) is 29.4. The molecule has 3 aromatic rings. The molecule has 2 amide bonds. The van der Waals surface area contributed by atoms with E-state index in [2.05, 4.69) is 19.7 Å². The van der Waals surface area contributed by atoms with Crippen LogP contribution in [0.25, 0.3) is 0 Å². The molecule has 5 rings (SSSR count). The predicted octanol–water partition coefficient (Wildman–Crippen LogP) is 12.2. The Morgan fingerprint density at radius 3 is 1.39 bits per heavy atom. The highest BCUT2D eigenvalue weighted by Gasteiger charge is 2.61. The fraction of sp³-hybridized carbons (Fsp3) is 0.607. The Bertz CT molecular complexity index is 2540.